The van der Waals surface area contributed by atoms with Gasteiger partial charge in [0.15, 0.2) is 0 Å². The molecule has 18 heavy (non-hydrogen) atoms. The van der Waals surface area contributed by atoms with Gasteiger partial charge < -0.3 is 5.32 Å². The van der Waals surface area contributed by atoms with E-state index in [-0.39, 0.29) is 0 Å². The Bertz CT molecular complexity index is 659. The molecule has 4 heteroatoms. The van der Waals surface area contributed by atoms with Crippen molar-refractivity contribution in [1.82, 2.24) is 15.2 Å². The Labute approximate surface area is 105 Å². The zero-order valence-electron chi connectivity index (χ0n) is 10.1. The van der Waals surface area contributed by atoms with Gasteiger partial charge in [-0.05, 0) is 30.7 Å². The fraction of sp³-hybridized carbons (Fsp3) is 0.143. The molecule has 2 aromatic heterocycles. The lowest BCUT2D eigenvalue weighted by Crippen LogP contribution is -1.98. The zero-order valence-corrected chi connectivity index (χ0v) is 10.1. The molecule has 2 N–H and O–H groups in total. The number of aryl methyl sites for hydroxylation is 1. The molecule has 0 unspecified atom stereocenters. The summed E-state index contributed by atoms with van der Waals surface area (Å²) in [5.74, 6) is 0. The van der Waals surface area contributed by atoms with E-state index >= 15 is 0 Å². The van der Waals surface area contributed by atoms with Gasteiger partial charge >= 0.3 is 0 Å². The molecule has 0 bridgehead atoms. The SMILES string of the molecule is Cc1ccc2cc(CNc3cn[nH]c3)ccc2n1. The summed E-state index contributed by atoms with van der Waals surface area (Å²) in [7, 11) is 0. The summed E-state index contributed by atoms with van der Waals surface area (Å²) in [5.41, 5.74) is 4.32. The van der Waals surface area contributed by atoms with Crippen LogP contribution in [0.25, 0.3) is 10.9 Å². The second-order valence-electron chi connectivity index (χ2n) is 4.32. The summed E-state index contributed by atoms with van der Waals surface area (Å²) in [6, 6.07) is 10.5. The standard InChI is InChI=1S/C14H14N4/c1-10-2-4-12-6-11(3-5-14(12)18-10)7-15-13-8-16-17-9-13/h2-6,8-9,15H,7H2,1H3,(H,16,17). The van der Waals surface area contributed by atoms with Crippen molar-refractivity contribution in [2.75, 3.05) is 5.32 Å². The van der Waals surface area contributed by atoms with Gasteiger partial charge in [0.2, 0.25) is 0 Å². The van der Waals surface area contributed by atoms with Crippen LogP contribution in [-0.2, 0) is 6.54 Å². The molecule has 0 amide bonds. The monoisotopic (exact) mass is 238 g/mol. The van der Waals surface area contributed by atoms with E-state index in [4.69, 9.17) is 0 Å². The molecule has 0 saturated carbocycles. The predicted molar refractivity (Wildman–Crippen MR) is 72.4 cm³/mol. The van der Waals surface area contributed by atoms with Crippen molar-refractivity contribution in [2.45, 2.75) is 13.5 Å². The van der Waals surface area contributed by atoms with E-state index in [1.54, 1.807) is 6.20 Å². The number of H-pyrrole nitrogens is 1. The fourth-order valence-electron chi connectivity index (χ4n) is 1.94. The van der Waals surface area contributed by atoms with Crippen molar-refractivity contribution < 1.29 is 0 Å². The van der Waals surface area contributed by atoms with E-state index in [2.05, 4.69) is 44.8 Å². The summed E-state index contributed by atoms with van der Waals surface area (Å²) in [6.45, 7) is 2.79. The van der Waals surface area contributed by atoms with Crippen LogP contribution in [0.3, 0.4) is 0 Å². The van der Waals surface area contributed by atoms with Gasteiger partial charge in [-0.1, -0.05) is 12.1 Å². The topological polar surface area (TPSA) is 53.6 Å². The molecular weight excluding hydrogens is 224 g/mol. The Balaban J connectivity index is 1.82. The second-order valence-corrected chi connectivity index (χ2v) is 4.32. The summed E-state index contributed by atoms with van der Waals surface area (Å²) < 4.78 is 0. The van der Waals surface area contributed by atoms with E-state index < -0.39 is 0 Å². The van der Waals surface area contributed by atoms with Crippen molar-refractivity contribution >= 4 is 16.6 Å². The molecule has 0 spiro atoms. The summed E-state index contributed by atoms with van der Waals surface area (Å²) in [5, 5.41) is 11.2. The maximum Gasteiger partial charge on any atom is 0.0726 e. The molecule has 0 aliphatic heterocycles. The highest BCUT2D eigenvalue weighted by Gasteiger charge is 1.99. The van der Waals surface area contributed by atoms with Crippen molar-refractivity contribution in [3.63, 3.8) is 0 Å². The number of hydrogen-bond donors (Lipinski definition) is 2. The van der Waals surface area contributed by atoms with E-state index in [0.29, 0.717) is 0 Å². The Morgan fingerprint density at radius 1 is 1.22 bits per heavy atom. The number of nitrogens with one attached hydrogen (secondary N) is 2. The van der Waals surface area contributed by atoms with Crippen molar-refractivity contribution in [3.8, 4) is 0 Å². The highest BCUT2D eigenvalue weighted by Crippen LogP contribution is 2.15. The van der Waals surface area contributed by atoms with Crippen LogP contribution in [-0.4, -0.2) is 15.2 Å². The lowest BCUT2D eigenvalue weighted by Gasteiger charge is -2.05. The van der Waals surface area contributed by atoms with Gasteiger partial charge in [0.1, 0.15) is 0 Å². The van der Waals surface area contributed by atoms with Crippen LogP contribution < -0.4 is 5.32 Å². The molecular formula is C14H14N4. The molecule has 0 atom stereocenters. The second kappa shape index (κ2) is 4.49. The third kappa shape index (κ3) is 2.18. The average molecular weight is 238 g/mol. The molecule has 0 fully saturated rings. The number of hydrogen-bond acceptors (Lipinski definition) is 3. The number of benzene rings is 1. The first-order valence-electron chi connectivity index (χ1n) is 5.90. The van der Waals surface area contributed by atoms with Crippen LogP contribution >= 0.6 is 0 Å². The summed E-state index contributed by atoms with van der Waals surface area (Å²) in [6.07, 6.45) is 3.61. The number of rotatable bonds is 3. The number of anilines is 1. The molecule has 0 radical (unpaired) electrons. The molecule has 2 heterocycles. The lowest BCUT2D eigenvalue weighted by atomic mass is 10.1. The van der Waals surface area contributed by atoms with Crippen LogP contribution in [0.2, 0.25) is 0 Å². The fourth-order valence-corrected chi connectivity index (χ4v) is 1.94. The maximum atomic E-state index is 4.49. The van der Waals surface area contributed by atoms with Crippen LogP contribution in [0, 0.1) is 6.92 Å². The third-order valence-corrected chi connectivity index (χ3v) is 2.89. The van der Waals surface area contributed by atoms with Gasteiger partial charge in [0.25, 0.3) is 0 Å². The summed E-state index contributed by atoms with van der Waals surface area (Å²) in [4.78, 5) is 4.49. The first-order chi connectivity index (χ1) is 8.81. The smallest absolute Gasteiger partial charge is 0.0726 e. The van der Waals surface area contributed by atoms with Crippen molar-refractivity contribution in [3.05, 3.63) is 54.0 Å². The third-order valence-electron chi connectivity index (χ3n) is 2.89. The van der Waals surface area contributed by atoms with Gasteiger partial charge in [-0.25, -0.2) is 0 Å². The quantitative estimate of drug-likeness (QED) is 0.737. The van der Waals surface area contributed by atoms with Gasteiger partial charge in [-0.15, -0.1) is 0 Å². The van der Waals surface area contributed by atoms with Crippen LogP contribution in [0.5, 0.6) is 0 Å². The maximum absolute atomic E-state index is 4.49. The lowest BCUT2D eigenvalue weighted by molar-refractivity contribution is 1.09. The van der Waals surface area contributed by atoms with E-state index in [1.165, 1.54) is 10.9 Å². The van der Waals surface area contributed by atoms with Crippen LogP contribution in [0.1, 0.15) is 11.3 Å². The van der Waals surface area contributed by atoms with E-state index in [9.17, 15) is 0 Å². The average Bonchev–Trinajstić information content (AvgIpc) is 2.89. The predicted octanol–water partition coefficient (Wildman–Crippen LogP) is 2.88. The molecule has 0 aliphatic carbocycles. The minimum Gasteiger partial charge on any atom is -0.378 e. The highest BCUT2D eigenvalue weighted by molar-refractivity contribution is 5.79. The first-order valence-corrected chi connectivity index (χ1v) is 5.90. The van der Waals surface area contributed by atoms with Crippen molar-refractivity contribution in [1.29, 1.82) is 0 Å². The van der Waals surface area contributed by atoms with Crippen molar-refractivity contribution in [2.24, 2.45) is 0 Å². The number of fused-ring (bicyclic) bond motifs is 1. The molecule has 3 aromatic rings. The largest absolute Gasteiger partial charge is 0.378 e. The Kier molecular flexibility index (Phi) is 2.68. The van der Waals surface area contributed by atoms with Gasteiger partial charge in [0.05, 0.1) is 17.4 Å². The van der Waals surface area contributed by atoms with E-state index in [0.717, 1.165) is 23.4 Å². The highest BCUT2D eigenvalue weighted by atomic mass is 15.1. The molecule has 3 rings (SSSR count). The summed E-state index contributed by atoms with van der Waals surface area (Å²) >= 11 is 0. The minimum atomic E-state index is 0.781. The molecule has 0 aliphatic rings. The Morgan fingerprint density at radius 2 is 2.17 bits per heavy atom. The minimum absolute atomic E-state index is 0.781. The first kappa shape index (κ1) is 10.8. The normalized spacial score (nSPS) is 10.7. The Morgan fingerprint density at radius 3 is 3.00 bits per heavy atom. The zero-order chi connectivity index (χ0) is 12.4. The number of aromatic amines is 1. The molecule has 90 valence electrons. The van der Waals surface area contributed by atoms with E-state index in [1.807, 2.05) is 19.2 Å². The number of aromatic nitrogens is 3. The van der Waals surface area contributed by atoms with Crippen LogP contribution in [0.4, 0.5) is 5.69 Å². The number of nitrogens with zero attached hydrogens (tertiary/aromatic N) is 2. The molecule has 4 nitrogen and oxygen atoms in total. The molecule has 0 saturated heterocycles. The number of pyridine rings is 1. The van der Waals surface area contributed by atoms with Gasteiger partial charge in [-0.3, -0.25) is 10.1 Å². The molecule has 1 aromatic carbocycles. The van der Waals surface area contributed by atoms with Gasteiger partial charge in [-0.2, -0.15) is 5.10 Å². The Hall–Kier alpha value is -2.36. The van der Waals surface area contributed by atoms with Gasteiger partial charge in [0, 0.05) is 23.8 Å². The van der Waals surface area contributed by atoms with Crippen LogP contribution in [0.15, 0.2) is 42.7 Å².